The largest absolute Gasteiger partial charge is 0.378 e. The maximum atomic E-state index is 6.16. The van der Waals surface area contributed by atoms with E-state index in [-0.39, 0.29) is 0 Å². The SMILES string of the molecule is CCC1COCCN1CC1CCC(CNC(C)C)O1. The topological polar surface area (TPSA) is 33.7 Å². The van der Waals surface area contributed by atoms with Gasteiger partial charge in [-0.25, -0.2) is 0 Å². The van der Waals surface area contributed by atoms with Gasteiger partial charge in [-0.15, -0.1) is 0 Å². The van der Waals surface area contributed by atoms with Gasteiger partial charge in [0.25, 0.3) is 0 Å². The molecule has 2 fully saturated rings. The van der Waals surface area contributed by atoms with Crippen molar-refractivity contribution in [2.24, 2.45) is 0 Å². The first-order valence-electron chi connectivity index (χ1n) is 7.89. The average Bonchev–Trinajstić information content (AvgIpc) is 2.85. The molecule has 3 unspecified atom stereocenters. The zero-order valence-electron chi connectivity index (χ0n) is 12.7. The fourth-order valence-corrected chi connectivity index (χ4v) is 3.00. The predicted molar refractivity (Wildman–Crippen MR) is 77.5 cm³/mol. The molecule has 2 aliphatic heterocycles. The summed E-state index contributed by atoms with van der Waals surface area (Å²) in [4.78, 5) is 2.56. The van der Waals surface area contributed by atoms with Crippen molar-refractivity contribution in [2.45, 2.75) is 64.3 Å². The summed E-state index contributed by atoms with van der Waals surface area (Å²) in [6.07, 6.45) is 4.41. The Labute approximate surface area is 117 Å². The van der Waals surface area contributed by atoms with Crippen LogP contribution in [0.25, 0.3) is 0 Å². The number of nitrogens with one attached hydrogen (secondary N) is 1. The molecule has 0 radical (unpaired) electrons. The van der Waals surface area contributed by atoms with Gasteiger partial charge in [0.1, 0.15) is 0 Å². The molecule has 0 spiro atoms. The molecule has 112 valence electrons. The monoisotopic (exact) mass is 270 g/mol. The minimum atomic E-state index is 0.411. The predicted octanol–water partition coefficient (Wildman–Crippen LogP) is 1.64. The average molecular weight is 270 g/mol. The summed E-state index contributed by atoms with van der Waals surface area (Å²) < 4.78 is 11.7. The van der Waals surface area contributed by atoms with E-state index in [1.54, 1.807) is 0 Å². The molecule has 2 rings (SSSR count). The van der Waals surface area contributed by atoms with Gasteiger partial charge in [-0.05, 0) is 19.3 Å². The normalized spacial score (nSPS) is 33.2. The van der Waals surface area contributed by atoms with Gasteiger partial charge in [-0.2, -0.15) is 0 Å². The summed E-state index contributed by atoms with van der Waals surface area (Å²) in [6, 6.07) is 1.14. The highest BCUT2D eigenvalue weighted by atomic mass is 16.5. The lowest BCUT2D eigenvalue weighted by Crippen LogP contribution is -2.48. The summed E-state index contributed by atoms with van der Waals surface area (Å²) in [5, 5.41) is 3.47. The van der Waals surface area contributed by atoms with Crippen LogP contribution >= 0.6 is 0 Å². The van der Waals surface area contributed by atoms with E-state index in [0.29, 0.717) is 24.3 Å². The Morgan fingerprint density at radius 1 is 1.26 bits per heavy atom. The van der Waals surface area contributed by atoms with E-state index < -0.39 is 0 Å². The molecule has 0 aromatic rings. The second-order valence-corrected chi connectivity index (χ2v) is 6.15. The van der Waals surface area contributed by atoms with Crippen LogP contribution in [0.2, 0.25) is 0 Å². The third-order valence-electron chi connectivity index (χ3n) is 4.21. The first-order chi connectivity index (χ1) is 9.19. The first-order valence-corrected chi connectivity index (χ1v) is 7.89. The molecule has 0 amide bonds. The Morgan fingerprint density at radius 2 is 2.05 bits per heavy atom. The number of hydrogen-bond acceptors (Lipinski definition) is 4. The molecule has 0 saturated carbocycles. The Balaban J connectivity index is 1.71. The minimum absolute atomic E-state index is 0.411. The number of rotatable bonds is 6. The van der Waals surface area contributed by atoms with Gasteiger partial charge in [0.2, 0.25) is 0 Å². The zero-order valence-corrected chi connectivity index (χ0v) is 12.7. The Hall–Kier alpha value is -0.160. The van der Waals surface area contributed by atoms with E-state index >= 15 is 0 Å². The van der Waals surface area contributed by atoms with E-state index in [9.17, 15) is 0 Å². The molecule has 0 aromatic carbocycles. The summed E-state index contributed by atoms with van der Waals surface area (Å²) in [5.41, 5.74) is 0. The summed E-state index contributed by atoms with van der Waals surface area (Å²) in [5.74, 6) is 0. The van der Waals surface area contributed by atoms with E-state index in [4.69, 9.17) is 9.47 Å². The third-order valence-corrected chi connectivity index (χ3v) is 4.21. The van der Waals surface area contributed by atoms with Gasteiger partial charge in [-0.3, -0.25) is 4.90 Å². The molecule has 19 heavy (non-hydrogen) atoms. The van der Waals surface area contributed by atoms with Crippen molar-refractivity contribution >= 4 is 0 Å². The number of morpholine rings is 1. The van der Waals surface area contributed by atoms with Gasteiger partial charge < -0.3 is 14.8 Å². The second-order valence-electron chi connectivity index (χ2n) is 6.15. The van der Waals surface area contributed by atoms with Crippen molar-refractivity contribution < 1.29 is 9.47 Å². The zero-order chi connectivity index (χ0) is 13.7. The number of nitrogens with zero attached hydrogens (tertiary/aromatic N) is 1. The molecule has 4 heteroatoms. The molecule has 0 aromatic heterocycles. The lowest BCUT2D eigenvalue weighted by molar-refractivity contribution is -0.0415. The van der Waals surface area contributed by atoms with E-state index in [1.165, 1.54) is 19.3 Å². The van der Waals surface area contributed by atoms with Crippen LogP contribution in [-0.4, -0.2) is 62.0 Å². The molecule has 0 aliphatic carbocycles. The lowest BCUT2D eigenvalue weighted by Gasteiger charge is -2.36. The third kappa shape index (κ3) is 4.71. The summed E-state index contributed by atoms with van der Waals surface area (Å²) in [6.45, 7) is 11.5. The Morgan fingerprint density at radius 3 is 2.79 bits per heavy atom. The van der Waals surface area contributed by atoms with Crippen LogP contribution in [0, 0.1) is 0 Å². The Kier molecular flexibility index (Phi) is 6.07. The van der Waals surface area contributed by atoms with Crippen LogP contribution in [0.4, 0.5) is 0 Å². The quantitative estimate of drug-likeness (QED) is 0.795. The van der Waals surface area contributed by atoms with Crippen molar-refractivity contribution in [3.8, 4) is 0 Å². The van der Waals surface area contributed by atoms with E-state index in [2.05, 4.69) is 31.0 Å². The molecule has 1 N–H and O–H groups in total. The van der Waals surface area contributed by atoms with Crippen molar-refractivity contribution in [2.75, 3.05) is 32.8 Å². The molecule has 2 heterocycles. The molecule has 2 aliphatic rings. The van der Waals surface area contributed by atoms with Crippen LogP contribution in [0.15, 0.2) is 0 Å². The van der Waals surface area contributed by atoms with Gasteiger partial charge >= 0.3 is 0 Å². The van der Waals surface area contributed by atoms with Crippen LogP contribution in [-0.2, 0) is 9.47 Å². The van der Waals surface area contributed by atoms with Gasteiger partial charge in [-0.1, -0.05) is 20.8 Å². The van der Waals surface area contributed by atoms with Gasteiger partial charge in [0.15, 0.2) is 0 Å². The molecule has 2 saturated heterocycles. The number of hydrogen-bond donors (Lipinski definition) is 1. The van der Waals surface area contributed by atoms with Crippen molar-refractivity contribution in [3.05, 3.63) is 0 Å². The lowest BCUT2D eigenvalue weighted by atomic mass is 10.1. The van der Waals surface area contributed by atoms with Crippen LogP contribution < -0.4 is 5.32 Å². The fourth-order valence-electron chi connectivity index (χ4n) is 3.00. The molecule has 4 nitrogen and oxygen atoms in total. The van der Waals surface area contributed by atoms with Crippen molar-refractivity contribution in [1.29, 1.82) is 0 Å². The maximum absolute atomic E-state index is 6.16. The minimum Gasteiger partial charge on any atom is -0.378 e. The summed E-state index contributed by atoms with van der Waals surface area (Å²) in [7, 11) is 0. The van der Waals surface area contributed by atoms with Gasteiger partial charge in [0, 0.05) is 31.7 Å². The smallest absolute Gasteiger partial charge is 0.0707 e. The number of ether oxygens (including phenoxy) is 2. The van der Waals surface area contributed by atoms with Crippen molar-refractivity contribution in [3.63, 3.8) is 0 Å². The van der Waals surface area contributed by atoms with E-state index in [1.807, 2.05) is 0 Å². The standard InChI is InChI=1S/C15H30N2O2/c1-4-13-11-18-8-7-17(13)10-15-6-5-14(19-15)9-16-12(2)3/h12-16H,4-11H2,1-3H3. The van der Waals surface area contributed by atoms with Crippen LogP contribution in [0.1, 0.15) is 40.0 Å². The van der Waals surface area contributed by atoms with Crippen LogP contribution in [0.5, 0.6) is 0 Å². The maximum Gasteiger partial charge on any atom is 0.0707 e. The highest BCUT2D eigenvalue weighted by molar-refractivity contribution is 4.82. The fraction of sp³-hybridized carbons (Fsp3) is 1.00. The van der Waals surface area contributed by atoms with E-state index in [0.717, 1.165) is 32.8 Å². The summed E-state index contributed by atoms with van der Waals surface area (Å²) >= 11 is 0. The van der Waals surface area contributed by atoms with Crippen molar-refractivity contribution in [1.82, 2.24) is 10.2 Å². The molecule has 0 bridgehead atoms. The molecule has 3 atom stereocenters. The highest BCUT2D eigenvalue weighted by Crippen LogP contribution is 2.22. The first kappa shape index (κ1) is 15.2. The highest BCUT2D eigenvalue weighted by Gasteiger charge is 2.30. The molecular weight excluding hydrogens is 240 g/mol. The molecular formula is C15H30N2O2. The van der Waals surface area contributed by atoms with Gasteiger partial charge in [0.05, 0.1) is 25.4 Å². The second kappa shape index (κ2) is 7.58. The van der Waals surface area contributed by atoms with Crippen LogP contribution in [0.3, 0.4) is 0 Å². The Bertz CT molecular complexity index is 261.